The van der Waals surface area contributed by atoms with Crippen LogP contribution < -0.4 is 14.8 Å². The molecule has 0 spiro atoms. The van der Waals surface area contributed by atoms with E-state index >= 15 is 0 Å². The molecule has 22 heavy (non-hydrogen) atoms. The fourth-order valence-corrected chi connectivity index (χ4v) is 2.71. The van der Waals surface area contributed by atoms with Crippen LogP contribution in [0.3, 0.4) is 0 Å². The molecule has 1 fully saturated rings. The molecule has 6 heteroatoms. The Balaban J connectivity index is 1.93. The minimum atomic E-state index is -2.90. The Morgan fingerprint density at radius 3 is 2.64 bits per heavy atom. The first-order valence-electron chi connectivity index (χ1n) is 7.49. The van der Waals surface area contributed by atoms with E-state index in [9.17, 15) is 13.6 Å². The van der Waals surface area contributed by atoms with Gasteiger partial charge >= 0.3 is 6.61 Å². The standard InChI is InChI=1S/C16H21F2NO3/c1-21-14-9-11(7-8-13(14)22-16(17)18)10-19-15(20)12-5-3-2-4-6-12/h7-9,12,16H,2-6,10H2,1H3,(H,19,20). The fraction of sp³-hybridized carbons (Fsp3) is 0.562. The van der Waals surface area contributed by atoms with Crippen molar-refractivity contribution in [2.24, 2.45) is 5.92 Å². The number of benzene rings is 1. The molecule has 0 bridgehead atoms. The lowest BCUT2D eigenvalue weighted by atomic mass is 9.88. The number of rotatable bonds is 6. The summed E-state index contributed by atoms with van der Waals surface area (Å²) >= 11 is 0. The van der Waals surface area contributed by atoms with Gasteiger partial charge in [0.1, 0.15) is 0 Å². The van der Waals surface area contributed by atoms with E-state index in [2.05, 4.69) is 10.1 Å². The van der Waals surface area contributed by atoms with Gasteiger partial charge in [0.05, 0.1) is 7.11 Å². The quantitative estimate of drug-likeness (QED) is 0.874. The lowest BCUT2D eigenvalue weighted by Crippen LogP contribution is -2.31. The van der Waals surface area contributed by atoms with Crippen molar-refractivity contribution in [1.82, 2.24) is 5.32 Å². The van der Waals surface area contributed by atoms with E-state index in [4.69, 9.17) is 4.74 Å². The first kappa shape index (κ1) is 16.5. The molecule has 1 aliphatic rings. The van der Waals surface area contributed by atoms with Crippen molar-refractivity contribution < 1.29 is 23.0 Å². The van der Waals surface area contributed by atoms with Gasteiger partial charge in [-0.15, -0.1) is 0 Å². The predicted molar refractivity (Wildman–Crippen MR) is 78.0 cm³/mol. The third-order valence-electron chi connectivity index (χ3n) is 3.89. The molecule has 0 aromatic heterocycles. The summed E-state index contributed by atoms with van der Waals surface area (Å²) in [6.45, 7) is -2.55. The topological polar surface area (TPSA) is 47.6 Å². The summed E-state index contributed by atoms with van der Waals surface area (Å²) in [5.41, 5.74) is 0.780. The number of halogens is 2. The van der Waals surface area contributed by atoms with E-state index in [1.807, 2.05) is 0 Å². The van der Waals surface area contributed by atoms with Crippen molar-refractivity contribution in [3.05, 3.63) is 23.8 Å². The zero-order valence-electron chi connectivity index (χ0n) is 12.6. The maximum Gasteiger partial charge on any atom is 0.387 e. The Hall–Kier alpha value is -1.85. The van der Waals surface area contributed by atoms with Crippen LogP contribution in [-0.4, -0.2) is 19.6 Å². The van der Waals surface area contributed by atoms with E-state index < -0.39 is 6.61 Å². The van der Waals surface area contributed by atoms with Crippen LogP contribution in [-0.2, 0) is 11.3 Å². The maximum absolute atomic E-state index is 12.3. The second-order valence-electron chi connectivity index (χ2n) is 5.42. The van der Waals surface area contributed by atoms with Gasteiger partial charge in [-0.25, -0.2) is 0 Å². The molecule has 122 valence electrons. The highest BCUT2D eigenvalue weighted by molar-refractivity contribution is 5.78. The Bertz CT molecular complexity index is 502. The third kappa shape index (κ3) is 4.58. The zero-order valence-corrected chi connectivity index (χ0v) is 12.6. The molecule has 1 aromatic carbocycles. The number of nitrogens with one attached hydrogen (secondary N) is 1. The van der Waals surface area contributed by atoms with Crippen molar-refractivity contribution in [1.29, 1.82) is 0 Å². The highest BCUT2D eigenvalue weighted by atomic mass is 19.3. The van der Waals surface area contributed by atoms with Crippen molar-refractivity contribution >= 4 is 5.91 Å². The molecule has 0 atom stereocenters. The number of alkyl halides is 2. The smallest absolute Gasteiger partial charge is 0.387 e. The third-order valence-corrected chi connectivity index (χ3v) is 3.89. The van der Waals surface area contributed by atoms with Crippen LogP contribution in [0, 0.1) is 5.92 Å². The molecule has 0 aliphatic heterocycles. The lowest BCUT2D eigenvalue weighted by Gasteiger charge is -2.20. The highest BCUT2D eigenvalue weighted by Gasteiger charge is 2.20. The molecule has 0 heterocycles. The second kappa shape index (κ2) is 7.96. The number of hydrogen-bond acceptors (Lipinski definition) is 3. The number of carbonyl (C=O) groups is 1. The van der Waals surface area contributed by atoms with E-state index in [-0.39, 0.29) is 23.3 Å². The van der Waals surface area contributed by atoms with Gasteiger partial charge in [0, 0.05) is 12.5 Å². The average molecular weight is 313 g/mol. The van der Waals surface area contributed by atoms with Crippen LogP contribution in [0.25, 0.3) is 0 Å². The lowest BCUT2D eigenvalue weighted by molar-refractivity contribution is -0.126. The summed E-state index contributed by atoms with van der Waals surface area (Å²) in [5, 5.41) is 2.90. The van der Waals surface area contributed by atoms with Crippen molar-refractivity contribution in [2.75, 3.05) is 7.11 Å². The van der Waals surface area contributed by atoms with E-state index in [1.165, 1.54) is 19.6 Å². The number of amides is 1. The van der Waals surface area contributed by atoms with E-state index in [0.717, 1.165) is 31.2 Å². The molecular formula is C16H21F2NO3. The minimum Gasteiger partial charge on any atom is -0.493 e. The van der Waals surface area contributed by atoms with Crippen molar-refractivity contribution in [2.45, 2.75) is 45.3 Å². The Morgan fingerprint density at radius 1 is 1.27 bits per heavy atom. The monoisotopic (exact) mass is 313 g/mol. The Labute approximate surface area is 128 Å². The molecule has 1 N–H and O–H groups in total. The molecule has 0 radical (unpaired) electrons. The fourth-order valence-electron chi connectivity index (χ4n) is 2.71. The van der Waals surface area contributed by atoms with Gasteiger partial charge in [-0.2, -0.15) is 8.78 Å². The largest absolute Gasteiger partial charge is 0.493 e. The molecule has 1 aromatic rings. The predicted octanol–water partition coefficient (Wildman–Crippen LogP) is 3.49. The summed E-state index contributed by atoms with van der Waals surface area (Å²) < 4.78 is 33.9. The molecule has 1 amide bonds. The molecule has 1 saturated carbocycles. The highest BCUT2D eigenvalue weighted by Crippen LogP contribution is 2.29. The van der Waals surface area contributed by atoms with Crippen LogP contribution in [0.4, 0.5) is 8.78 Å². The molecule has 1 aliphatic carbocycles. The van der Waals surface area contributed by atoms with Gasteiger partial charge in [-0.1, -0.05) is 25.3 Å². The summed E-state index contributed by atoms with van der Waals surface area (Å²) in [6.07, 6.45) is 5.29. The normalized spacial score (nSPS) is 15.6. The Kier molecular flexibility index (Phi) is 5.98. The van der Waals surface area contributed by atoms with E-state index in [0.29, 0.717) is 6.54 Å². The molecule has 4 nitrogen and oxygen atoms in total. The summed E-state index contributed by atoms with van der Waals surface area (Å²) in [5.74, 6) is 0.369. The maximum atomic E-state index is 12.3. The van der Waals surface area contributed by atoms with Gasteiger partial charge in [0.15, 0.2) is 11.5 Å². The zero-order chi connectivity index (χ0) is 15.9. The van der Waals surface area contributed by atoms with Gasteiger partial charge in [0.2, 0.25) is 5.91 Å². The minimum absolute atomic E-state index is 0.0140. The van der Waals surface area contributed by atoms with Crippen molar-refractivity contribution in [3.8, 4) is 11.5 Å². The van der Waals surface area contributed by atoms with Crippen molar-refractivity contribution in [3.63, 3.8) is 0 Å². The summed E-state index contributed by atoms with van der Waals surface area (Å²) in [6, 6.07) is 4.66. The van der Waals surface area contributed by atoms with Gasteiger partial charge in [-0.05, 0) is 30.5 Å². The molecule has 0 unspecified atom stereocenters. The summed E-state index contributed by atoms with van der Waals surface area (Å²) in [7, 11) is 1.39. The number of ether oxygens (including phenoxy) is 2. The van der Waals surface area contributed by atoms with Crippen LogP contribution in [0.5, 0.6) is 11.5 Å². The molecular weight excluding hydrogens is 292 g/mol. The SMILES string of the molecule is COc1cc(CNC(=O)C2CCCCC2)ccc1OC(F)F. The van der Waals surface area contributed by atoms with Crippen LogP contribution >= 0.6 is 0 Å². The summed E-state index contributed by atoms with van der Waals surface area (Å²) in [4.78, 5) is 12.1. The van der Waals surface area contributed by atoms with Crippen LogP contribution in [0.1, 0.15) is 37.7 Å². The van der Waals surface area contributed by atoms with Gasteiger partial charge in [0.25, 0.3) is 0 Å². The number of methoxy groups -OCH3 is 1. The number of carbonyl (C=O) groups excluding carboxylic acids is 1. The first-order valence-corrected chi connectivity index (χ1v) is 7.49. The van der Waals surface area contributed by atoms with Crippen LogP contribution in [0.15, 0.2) is 18.2 Å². The first-order chi connectivity index (χ1) is 10.6. The number of hydrogen-bond donors (Lipinski definition) is 1. The van der Waals surface area contributed by atoms with Crippen LogP contribution in [0.2, 0.25) is 0 Å². The average Bonchev–Trinajstić information content (AvgIpc) is 2.54. The second-order valence-corrected chi connectivity index (χ2v) is 5.42. The van der Waals surface area contributed by atoms with Gasteiger partial charge < -0.3 is 14.8 Å². The Morgan fingerprint density at radius 2 is 2.00 bits per heavy atom. The van der Waals surface area contributed by atoms with E-state index in [1.54, 1.807) is 12.1 Å². The van der Waals surface area contributed by atoms with Gasteiger partial charge in [-0.3, -0.25) is 4.79 Å². The molecule has 0 saturated heterocycles. The molecule has 2 rings (SSSR count).